The molecule has 0 bridgehead atoms. The van der Waals surface area contributed by atoms with E-state index < -0.39 is 0 Å². The van der Waals surface area contributed by atoms with E-state index in [-0.39, 0.29) is 5.91 Å². The molecule has 1 saturated carbocycles. The largest absolute Gasteiger partial charge is 0.494 e. The number of rotatable bonds is 5. The maximum Gasteiger partial charge on any atom is 0.257 e. The van der Waals surface area contributed by atoms with Crippen molar-refractivity contribution in [3.8, 4) is 5.75 Å². The number of anilines is 1. The average Bonchev–Trinajstić information content (AvgIpc) is 3.16. The molecule has 1 aliphatic carbocycles. The number of methoxy groups -OCH3 is 1. The molecule has 0 saturated heterocycles. The van der Waals surface area contributed by atoms with Crippen LogP contribution in [-0.4, -0.2) is 22.8 Å². The number of amides is 1. The number of ether oxygens (including phenoxy) is 1. The maximum atomic E-state index is 12.7. The Morgan fingerprint density at radius 1 is 1.24 bits per heavy atom. The summed E-state index contributed by atoms with van der Waals surface area (Å²) in [7, 11) is 1.59. The number of nitrogens with one attached hydrogen (secondary N) is 1. The molecular weight excluding hydrogens is 386 g/mol. The number of aromatic nitrogens is 2. The highest BCUT2D eigenvalue weighted by Gasteiger charge is 2.22. The number of nitrogens with zero attached hydrogens (tertiary/aromatic N) is 2. The minimum Gasteiger partial charge on any atom is -0.494 e. The summed E-state index contributed by atoms with van der Waals surface area (Å²) in [5, 5.41) is 9.12. The first-order valence-electron chi connectivity index (χ1n) is 10.2. The Balaban J connectivity index is 1.60. The summed E-state index contributed by atoms with van der Waals surface area (Å²) in [6.07, 6.45) is 8.20. The van der Waals surface area contributed by atoms with E-state index in [1.54, 1.807) is 31.4 Å². The lowest BCUT2D eigenvalue weighted by atomic mass is 9.85. The molecule has 1 N–H and O–H groups in total. The molecule has 152 valence electrons. The van der Waals surface area contributed by atoms with Gasteiger partial charge in [-0.15, -0.1) is 0 Å². The van der Waals surface area contributed by atoms with E-state index in [0.717, 1.165) is 16.8 Å². The van der Waals surface area contributed by atoms with Gasteiger partial charge in [-0.05, 0) is 49.8 Å². The molecule has 4 rings (SSSR count). The monoisotopic (exact) mass is 411 g/mol. The molecule has 29 heavy (non-hydrogen) atoms. The summed E-state index contributed by atoms with van der Waals surface area (Å²) in [6, 6.07) is 11.2. The van der Waals surface area contributed by atoms with Gasteiger partial charge in [-0.25, -0.2) is 0 Å². The minimum absolute atomic E-state index is 0.265. The van der Waals surface area contributed by atoms with Crippen molar-refractivity contribution in [3.63, 3.8) is 0 Å². The van der Waals surface area contributed by atoms with Gasteiger partial charge >= 0.3 is 0 Å². The smallest absolute Gasteiger partial charge is 0.257 e. The molecule has 0 aliphatic heterocycles. The van der Waals surface area contributed by atoms with Crippen molar-refractivity contribution in [1.29, 1.82) is 0 Å². The fourth-order valence-corrected chi connectivity index (χ4v) is 4.40. The van der Waals surface area contributed by atoms with Crippen LogP contribution in [0.25, 0.3) is 10.9 Å². The Morgan fingerprint density at radius 3 is 2.69 bits per heavy atom. The van der Waals surface area contributed by atoms with Crippen LogP contribution in [0.4, 0.5) is 5.69 Å². The Labute approximate surface area is 176 Å². The third kappa shape index (κ3) is 4.10. The van der Waals surface area contributed by atoms with Gasteiger partial charge < -0.3 is 10.1 Å². The van der Waals surface area contributed by atoms with Crippen LogP contribution in [0.15, 0.2) is 42.6 Å². The van der Waals surface area contributed by atoms with E-state index in [1.807, 2.05) is 12.1 Å². The number of hydrogen-bond donors (Lipinski definition) is 1. The van der Waals surface area contributed by atoms with Crippen LogP contribution in [0.5, 0.6) is 5.75 Å². The van der Waals surface area contributed by atoms with Gasteiger partial charge in [0.2, 0.25) is 0 Å². The molecule has 1 fully saturated rings. The first kappa shape index (κ1) is 19.8. The SMILES string of the molecule is CCC1CCC(n2cc3cc(NC(=O)c4ccccc4Cl)c(OC)cc3n2)CC1. The molecule has 1 amide bonds. The van der Waals surface area contributed by atoms with Gasteiger partial charge in [0.25, 0.3) is 5.91 Å². The van der Waals surface area contributed by atoms with Crippen LogP contribution in [0.2, 0.25) is 5.02 Å². The normalized spacial score (nSPS) is 19.3. The number of benzene rings is 2. The van der Waals surface area contributed by atoms with Crippen molar-refractivity contribution < 1.29 is 9.53 Å². The lowest BCUT2D eigenvalue weighted by molar-refractivity contribution is 0.102. The van der Waals surface area contributed by atoms with E-state index >= 15 is 0 Å². The minimum atomic E-state index is -0.265. The summed E-state index contributed by atoms with van der Waals surface area (Å²) in [5.41, 5.74) is 1.91. The number of carbonyl (C=O) groups is 1. The Hall–Kier alpha value is -2.53. The second-order valence-corrected chi connectivity index (χ2v) is 8.14. The zero-order valence-electron chi connectivity index (χ0n) is 16.8. The fraction of sp³-hybridized carbons (Fsp3) is 0.391. The van der Waals surface area contributed by atoms with Crippen molar-refractivity contribution in [1.82, 2.24) is 9.78 Å². The molecule has 1 aromatic heterocycles. The molecule has 0 spiro atoms. The molecule has 1 aliphatic rings. The van der Waals surface area contributed by atoms with E-state index in [2.05, 4.69) is 23.1 Å². The summed E-state index contributed by atoms with van der Waals surface area (Å²) in [4.78, 5) is 12.7. The maximum absolute atomic E-state index is 12.7. The molecule has 0 atom stereocenters. The third-order valence-electron chi connectivity index (χ3n) is 5.98. The third-order valence-corrected chi connectivity index (χ3v) is 6.31. The Morgan fingerprint density at radius 2 is 2.00 bits per heavy atom. The Bertz CT molecular complexity index is 1020. The molecule has 1 heterocycles. The number of halogens is 1. The van der Waals surface area contributed by atoms with Crippen molar-refractivity contribution >= 4 is 34.1 Å². The molecule has 2 aromatic carbocycles. The first-order valence-corrected chi connectivity index (χ1v) is 10.6. The van der Waals surface area contributed by atoms with Crippen molar-refractivity contribution in [3.05, 3.63) is 53.2 Å². The second kappa shape index (κ2) is 8.46. The van der Waals surface area contributed by atoms with Gasteiger partial charge in [-0.2, -0.15) is 5.10 Å². The van der Waals surface area contributed by atoms with Crippen LogP contribution in [0, 0.1) is 5.92 Å². The van der Waals surface area contributed by atoms with Crippen molar-refractivity contribution in [2.75, 3.05) is 12.4 Å². The molecule has 0 unspecified atom stereocenters. The summed E-state index contributed by atoms with van der Waals surface area (Å²) in [6.45, 7) is 2.28. The van der Waals surface area contributed by atoms with Crippen molar-refractivity contribution in [2.24, 2.45) is 5.92 Å². The van der Waals surface area contributed by atoms with Gasteiger partial charge in [0.15, 0.2) is 0 Å². The standard InChI is InChI=1S/C23H26ClN3O2/c1-3-15-8-10-17(11-9-15)27-14-16-12-21(22(29-2)13-20(16)26-27)25-23(28)18-6-4-5-7-19(18)24/h4-7,12-15,17H,3,8-11H2,1-2H3,(H,25,28). The van der Waals surface area contributed by atoms with Crippen LogP contribution >= 0.6 is 11.6 Å². The highest BCUT2D eigenvalue weighted by atomic mass is 35.5. The average molecular weight is 412 g/mol. The number of hydrogen-bond acceptors (Lipinski definition) is 3. The van der Waals surface area contributed by atoms with Crippen molar-refractivity contribution in [2.45, 2.75) is 45.1 Å². The second-order valence-electron chi connectivity index (χ2n) is 7.74. The number of carbonyl (C=O) groups excluding carboxylic acids is 1. The van der Waals surface area contributed by atoms with Gasteiger partial charge in [0.1, 0.15) is 5.75 Å². The van der Waals surface area contributed by atoms with Crippen LogP contribution in [0.1, 0.15) is 55.4 Å². The molecular formula is C23H26ClN3O2. The predicted molar refractivity (Wildman–Crippen MR) is 117 cm³/mol. The van der Waals surface area contributed by atoms with Gasteiger partial charge in [0.05, 0.1) is 34.9 Å². The lowest BCUT2D eigenvalue weighted by Gasteiger charge is -2.27. The zero-order valence-corrected chi connectivity index (χ0v) is 17.6. The zero-order chi connectivity index (χ0) is 20.4. The predicted octanol–water partition coefficient (Wildman–Crippen LogP) is 6.09. The molecule has 0 radical (unpaired) electrons. The highest BCUT2D eigenvalue weighted by molar-refractivity contribution is 6.34. The lowest BCUT2D eigenvalue weighted by Crippen LogP contribution is -2.18. The van der Waals surface area contributed by atoms with Gasteiger partial charge in [-0.3, -0.25) is 9.48 Å². The van der Waals surface area contributed by atoms with E-state index in [4.69, 9.17) is 21.4 Å². The van der Waals surface area contributed by atoms with Crippen LogP contribution in [0.3, 0.4) is 0 Å². The van der Waals surface area contributed by atoms with E-state index in [0.29, 0.717) is 28.1 Å². The first-order chi connectivity index (χ1) is 14.1. The summed E-state index contributed by atoms with van der Waals surface area (Å²) >= 11 is 6.16. The quantitative estimate of drug-likeness (QED) is 0.552. The summed E-state index contributed by atoms with van der Waals surface area (Å²) < 4.78 is 7.60. The van der Waals surface area contributed by atoms with Gasteiger partial charge in [0, 0.05) is 17.6 Å². The molecule has 3 aromatic rings. The number of fused-ring (bicyclic) bond motifs is 1. The summed E-state index contributed by atoms with van der Waals surface area (Å²) in [5.74, 6) is 1.17. The fourth-order valence-electron chi connectivity index (χ4n) is 4.18. The van der Waals surface area contributed by atoms with E-state index in [1.165, 1.54) is 32.1 Å². The highest BCUT2D eigenvalue weighted by Crippen LogP contribution is 2.36. The molecule has 6 heteroatoms. The Kier molecular flexibility index (Phi) is 5.76. The van der Waals surface area contributed by atoms with Gasteiger partial charge in [-0.1, -0.05) is 37.1 Å². The van der Waals surface area contributed by atoms with Crippen LogP contribution < -0.4 is 10.1 Å². The molecule has 5 nitrogen and oxygen atoms in total. The van der Waals surface area contributed by atoms with Crippen LogP contribution in [-0.2, 0) is 0 Å². The van der Waals surface area contributed by atoms with E-state index in [9.17, 15) is 4.79 Å². The topological polar surface area (TPSA) is 56.2 Å².